The third-order valence-corrected chi connectivity index (χ3v) is 4.08. The van der Waals surface area contributed by atoms with Crippen molar-refractivity contribution in [3.8, 4) is 6.07 Å². The van der Waals surface area contributed by atoms with Crippen molar-refractivity contribution in [3.63, 3.8) is 0 Å². The second-order valence-electron chi connectivity index (χ2n) is 6.15. The molecule has 2 aromatic carbocycles. The minimum atomic E-state index is -0.148. The number of para-hydroxylation sites is 1. The van der Waals surface area contributed by atoms with Crippen LogP contribution in [-0.4, -0.2) is 17.9 Å². The molecule has 126 valence electrons. The summed E-state index contributed by atoms with van der Waals surface area (Å²) in [6.45, 7) is 0. The van der Waals surface area contributed by atoms with Gasteiger partial charge in [0, 0.05) is 12.5 Å². The van der Waals surface area contributed by atoms with Crippen LogP contribution in [0.2, 0.25) is 0 Å². The molecule has 0 bridgehead atoms. The molecule has 25 heavy (non-hydrogen) atoms. The van der Waals surface area contributed by atoms with E-state index in [9.17, 15) is 9.59 Å². The number of carbonyl (C=O) groups is 2. The summed E-state index contributed by atoms with van der Waals surface area (Å²) in [4.78, 5) is 24.5. The van der Waals surface area contributed by atoms with E-state index < -0.39 is 0 Å². The van der Waals surface area contributed by atoms with Gasteiger partial charge in [-0.1, -0.05) is 24.3 Å². The summed E-state index contributed by atoms with van der Waals surface area (Å²) < 4.78 is 0. The predicted molar refractivity (Wildman–Crippen MR) is 95.0 cm³/mol. The normalized spacial score (nSPS) is 12.9. The fraction of sp³-hybridized carbons (Fsp3) is 0.250. The standard InChI is InChI=1S/C20H19N3O2/c21-13-15-7-5-14(6-8-15)9-12-19(24)23-18-4-2-1-3-17(18)20(25)22-16-10-11-16/h1-8,16H,9-12H2,(H,22,25)(H,23,24). The molecule has 1 fully saturated rings. The van der Waals surface area contributed by atoms with Gasteiger partial charge in [0.2, 0.25) is 5.91 Å². The van der Waals surface area contributed by atoms with Crippen molar-refractivity contribution < 1.29 is 9.59 Å². The van der Waals surface area contributed by atoms with E-state index in [1.807, 2.05) is 12.1 Å². The maximum absolute atomic E-state index is 12.2. The van der Waals surface area contributed by atoms with Crippen molar-refractivity contribution in [1.29, 1.82) is 5.26 Å². The Labute approximate surface area is 146 Å². The van der Waals surface area contributed by atoms with E-state index in [0.717, 1.165) is 18.4 Å². The Morgan fingerprint density at radius 1 is 1.08 bits per heavy atom. The molecule has 0 atom stereocenters. The molecule has 0 heterocycles. The van der Waals surface area contributed by atoms with Crippen molar-refractivity contribution in [2.45, 2.75) is 31.7 Å². The third-order valence-electron chi connectivity index (χ3n) is 4.08. The van der Waals surface area contributed by atoms with Crippen LogP contribution in [0.3, 0.4) is 0 Å². The molecular formula is C20H19N3O2. The maximum atomic E-state index is 12.2. The number of benzene rings is 2. The van der Waals surface area contributed by atoms with Gasteiger partial charge in [0.05, 0.1) is 22.9 Å². The maximum Gasteiger partial charge on any atom is 0.253 e. The molecule has 2 N–H and O–H groups in total. The molecule has 5 heteroatoms. The van der Waals surface area contributed by atoms with E-state index >= 15 is 0 Å². The van der Waals surface area contributed by atoms with Crippen LogP contribution in [0.15, 0.2) is 48.5 Å². The first kappa shape index (κ1) is 16.7. The van der Waals surface area contributed by atoms with E-state index in [1.165, 1.54) is 0 Å². The predicted octanol–water partition coefficient (Wildman–Crippen LogP) is 3.02. The molecule has 2 aromatic rings. The fourth-order valence-corrected chi connectivity index (χ4v) is 2.50. The molecule has 0 saturated heterocycles. The Bertz CT molecular complexity index is 818. The molecule has 2 amide bonds. The molecule has 5 nitrogen and oxygen atoms in total. The van der Waals surface area contributed by atoms with Gasteiger partial charge in [0.1, 0.15) is 0 Å². The molecule has 0 unspecified atom stereocenters. The van der Waals surface area contributed by atoms with E-state index in [4.69, 9.17) is 5.26 Å². The van der Waals surface area contributed by atoms with Crippen molar-refractivity contribution in [1.82, 2.24) is 5.32 Å². The molecule has 3 rings (SSSR count). The van der Waals surface area contributed by atoms with Gasteiger partial charge in [-0.15, -0.1) is 0 Å². The lowest BCUT2D eigenvalue weighted by Crippen LogP contribution is -2.27. The number of carbonyl (C=O) groups excluding carboxylic acids is 2. The molecule has 0 aromatic heterocycles. The van der Waals surface area contributed by atoms with Crippen LogP contribution in [0, 0.1) is 11.3 Å². The first-order valence-corrected chi connectivity index (χ1v) is 8.34. The number of amides is 2. The van der Waals surface area contributed by atoms with Crippen LogP contribution in [0.4, 0.5) is 5.69 Å². The quantitative estimate of drug-likeness (QED) is 0.852. The summed E-state index contributed by atoms with van der Waals surface area (Å²) in [5.74, 6) is -0.290. The van der Waals surface area contributed by atoms with Crippen molar-refractivity contribution in [3.05, 3.63) is 65.2 Å². The van der Waals surface area contributed by atoms with Crippen molar-refractivity contribution in [2.75, 3.05) is 5.32 Å². The molecular weight excluding hydrogens is 314 g/mol. The Hall–Kier alpha value is -3.13. The fourth-order valence-electron chi connectivity index (χ4n) is 2.50. The van der Waals surface area contributed by atoms with E-state index in [1.54, 1.807) is 36.4 Å². The number of nitrogens with one attached hydrogen (secondary N) is 2. The number of anilines is 1. The number of nitriles is 1. The van der Waals surface area contributed by atoms with Crippen LogP contribution in [0.25, 0.3) is 0 Å². The van der Waals surface area contributed by atoms with E-state index in [2.05, 4.69) is 16.7 Å². The zero-order chi connectivity index (χ0) is 17.6. The third kappa shape index (κ3) is 4.67. The van der Waals surface area contributed by atoms with E-state index in [0.29, 0.717) is 29.7 Å². The minimum absolute atomic E-state index is 0.143. The minimum Gasteiger partial charge on any atom is -0.349 e. The summed E-state index contributed by atoms with van der Waals surface area (Å²) in [5.41, 5.74) is 2.62. The lowest BCUT2D eigenvalue weighted by molar-refractivity contribution is -0.116. The van der Waals surface area contributed by atoms with Gasteiger partial charge in [0.25, 0.3) is 5.91 Å². The van der Waals surface area contributed by atoms with Gasteiger partial charge in [-0.25, -0.2) is 0 Å². The van der Waals surface area contributed by atoms with Gasteiger partial charge in [0.15, 0.2) is 0 Å². The second-order valence-corrected chi connectivity index (χ2v) is 6.15. The van der Waals surface area contributed by atoms with Gasteiger partial charge < -0.3 is 10.6 Å². The Balaban J connectivity index is 1.58. The topological polar surface area (TPSA) is 82.0 Å². The van der Waals surface area contributed by atoms with Gasteiger partial charge in [-0.05, 0) is 49.1 Å². The van der Waals surface area contributed by atoms with Crippen LogP contribution in [0.5, 0.6) is 0 Å². The summed E-state index contributed by atoms with van der Waals surface area (Å²) in [6.07, 6.45) is 2.92. The lowest BCUT2D eigenvalue weighted by atomic mass is 10.1. The van der Waals surface area contributed by atoms with Gasteiger partial charge in [-0.3, -0.25) is 9.59 Å². The first-order valence-electron chi connectivity index (χ1n) is 8.34. The zero-order valence-electron chi connectivity index (χ0n) is 13.8. The average Bonchev–Trinajstić information content (AvgIpc) is 3.45. The molecule has 1 aliphatic rings. The van der Waals surface area contributed by atoms with Gasteiger partial charge >= 0.3 is 0 Å². The average molecular weight is 333 g/mol. The lowest BCUT2D eigenvalue weighted by Gasteiger charge is -2.11. The number of hydrogen-bond donors (Lipinski definition) is 2. The highest BCUT2D eigenvalue weighted by atomic mass is 16.2. The monoisotopic (exact) mass is 333 g/mol. The highest BCUT2D eigenvalue weighted by molar-refractivity contribution is 6.03. The van der Waals surface area contributed by atoms with Crippen LogP contribution in [0.1, 0.15) is 40.7 Å². The Morgan fingerprint density at radius 2 is 1.80 bits per heavy atom. The van der Waals surface area contributed by atoms with Crippen molar-refractivity contribution >= 4 is 17.5 Å². The zero-order valence-corrected chi connectivity index (χ0v) is 13.8. The molecule has 0 spiro atoms. The molecule has 1 saturated carbocycles. The smallest absolute Gasteiger partial charge is 0.253 e. The number of rotatable bonds is 6. The summed E-state index contributed by atoms with van der Waals surface area (Å²) in [5, 5.41) is 14.6. The van der Waals surface area contributed by atoms with E-state index in [-0.39, 0.29) is 17.9 Å². The molecule has 0 aliphatic heterocycles. The summed E-state index contributed by atoms with van der Waals surface area (Å²) in [6, 6.07) is 16.6. The largest absolute Gasteiger partial charge is 0.349 e. The first-order chi connectivity index (χ1) is 12.2. The second kappa shape index (κ2) is 7.63. The van der Waals surface area contributed by atoms with Crippen LogP contribution >= 0.6 is 0 Å². The SMILES string of the molecule is N#Cc1ccc(CCC(=O)Nc2ccccc2C(=O)NC2CC2)cc1. The van der Waals surface area contributed by atoms with Crippen molar-refractivity contribution in [2.24, 2.45) is 0 Å². The number of nitrogens with zero attached hydrogens (tertiary/aromatic N) is 1. The highest BCUT2D eigenvalue weighted by Crippen LogP contribution is 2.21. The van der Waals surface area contributed by atoms with Crippen LogP contribution in [-0.2, 0) is 11.2 Å². The van der Waals surface area contributed by atoms with Gasteiger partial charge in [-0.2, -0.15) is 5.26 Å². The summed E-state index contributed by atoms with van der Waals surface area (Å²) >= 11 is 0. The highest BCUT2D eigenvalue weighted by Gasteiger charge is 2.24. The Kier molecular flexibility index (Phi) is 5.10. The number of aryl methyl sites for hydroxylation is 1. The van der Waals surface area contributed by atoms with Crippen LogP contribution < -0.4 is 10.6 Å². The number of hydrogen-bond acceptors (Lipinski definition) is 3. The molecule has 1 aliphatic carbocycles. The molecule has 0 radical (unpaired) electrons. The summed E-state index contributed by atoms with van der Waals surface area (Å²) in [7, 11) is 0. The Morgan fingerprint density at radius 3 is 2.48 bits per heavy atom.